The molecule has 1 aliphatic heterocycles. The first kappa shape index (κ1) is 17.9. The lowest BCUT2D eigenvalue weighted by molar-refractivity contribution is -0.131. The molecule has 1 amide bonds. The van der Waals surface area contributed by atoms with E-state index in [0.29, 0.717) is 13.1 Å². The molecule has 27 heavy (non-hydrogen) atoms. The molecule has 0 N–H and O–H groups in total. The molecule has 2 aromatic heterocycles. The van der Waals surface area contributed by atoms with Crippen molar-refractivity contribution < 1.29 is 9.18 Å². The van der Waals surface area contributed by atoms with Crippen LogP contribution in [0.15, 0.2) is 30.6 Å². The summed E-state index contributed by atoms with van der Waals surface area (Å²) in [4.78, 5) is 23.1. The molecule has 0 bridgehead atoms. The Morgan fingerprint density at radius 1 is 1.26 bits per heavy atom. The van der Waals surface area contributed by atoms with Gasteiger partial charge in [0.25, 0.3) is 0 Å². The molecule has 8 heteroatoms. The highest BCUT2D eigenvalue weighted by molar-refractivity contribution is 6.31. The Kier molecular flexibility index (Phi) is 4.78. The third-order valence-corrected chi connectivity index (χ3v) is 5.46. The maximum atomic E-state index is 13.9. The normalized spacial score (nSPS) is 15.4. The van der Waals surface area contributed by atoms with E-state index in [1.165, 1.54) is 12.1 Å². The number of benzene rings is 1. The van der Waals surface area contributed by atoms with Gasteiger partial charge in [0.1, 0.15) is 11.3 Å². The van der Waals surface area contributed by atoms with E-state index in [9.17, 15) is 9.18 Å². The highest BCUT2D eigenvalue weighted by Gasteiger charge is 2.28. The van der Waals surface area contributed by atoms with Crippen LogP contribution in [0.3, 0.4) is 0 Å². The number of fused-ring (bicyclic) bond motifs is 1. The first-order valence-electron chi connectivity index (χ1n) is 8.89. The van der Waals surface area contributed by atoms with Crippen molar-refractivity contribution in [1.29, 1.82) is 0 Å². The summed E-state index contributed by atoms with van der Waals surface area (Å²) in [6.45, 7) is 1.21. The number of carbonyl (C=O) groups excluding carboxylic acids is 1. The highest BCUT2D eigenvalue weighted by atomic mass is 35.5. The molecule has 3 aromatic rings. The second-order valence-corrected chi connectivity index (χ2v) is 7.18. The summed E-state index contributed by atoms with van der Waals surface area (Å²) in [5.74, 6) is -0.318. The molecule has 0 unspecified atom stereocenters. The molecule has 0 aliphatic carbocycles. The Morgan fingerprint density at radius 3 is 2.74 bits per heavy atom. The van der Waals surface area contributed by atoms with Gasteiger partial charge in [0, 0.05) is 49.0 Å². The Bertz CT molecular complexity index is 977. The van der Waals surface area contributed by atoms with Crippen molar-refractivity contribution in [2.45, 2.75) is 25.2 Å². The third kappa shape index (κ3) is 3.39. The van der Waals surface area contributed by atoms with Gasteiger partial charge < -0.3 is 4.90 Å². The summed E-state index contributed by atoms with van der Waals surface area (Å²) < 4.78 is 15.7. The fraction of sp³-hybridized carbons (Fsp3) is 0.368. The highest BCUT2D eigenvalue weighted by Crippen LogP contribution is 2.31. The summed E-state index contributed by atoms with van der Waals surface area (Å²) in [5, 5.41) is 4.88. The fourth-order valence-electron chi connectivity index (χ4n) is 3.65. The summed E-state index contributed by atoms with van der Waals surface area (Å²) in [5.41, 5.74) is 2.78. The smallest absolute Gasteiger partial charge is 0.227 e. The van der Waals surface area contributed by atoms with Gasteiger partial charge in [-0.25, -0.2) is 19.0 Å². The van der Waals surface area contributed by atoms with Gasteiger partial charge >= 0.3 is 0 Å². The molecule has 1 saturated heterocycles. The minimum Gasteiger partial charge on any atom is -0.342 e. The Morgan fingerprint density at radius 2 is 2.00 bits per heavy atom. The lowest BCUT2D eigenvalue weighted by Crippen LogP contribution is -2.39. The molecule has 140 valence electrons. The predicted octanol–water partition coefficient (Wildman–Crippen LogP) is 3.10. The van der Waals surface area contributed by atoms with E-state index in [1.54, 1.807) is 28.0 Å². The number of halogens is 2. The summed E-state index contributed by atoms with van der Waals surface area (Å²) in [6, 6.07) is 4.47. The van der Waals surface area contributed by atoms with E-state index < -0.39 is 5.82 Å². The second-order valence-electron chi connectivity index (χ2n) is 6.77. The van der Waals surface area contributed by atoms with Gasteiger partial charge in [0.15, 0.2) is 5.65 Å². The number of rotatable bonds is 3. The molecule has 6 nitrogen and oxygen atoms in total. The van der Waals surface area contributed by atoms with Gasteiger partial charge in [-0.1, -0.05) is 17.7 Å². The van der Waals surface area contributed by atoms with Crippen LogP contribution in [0.2, 0.25) is 5.02 Å². The standard InChI is InChI=1S/C19H19ClFN5O/c1-25-19-18(22-7-8-23-19)17(24-25)12-5-9-26(10-6-12)16(27)11-13-14(20)3-2-4-15(13)21/h2-4,7-8,12H,5-6,9-11H2,1H3. The van der Waals surface area contributed by atoms with Gasteiger partial charge in [0.05, 0.1) is 12.1 Å². The van der Waals surface area contributed by atoms with Crippen LogP contribution in [0, 0.1) is 5.82 Å². The van der Waals surface area contributed by atoms with Gasteiger partial charge in [-0.2, -0.15) is 5.10 Å². The summed E-state index contributed by atoms with van der Waals surface area (Å²) in [7, 11) is 1.86. The molecule has 4 rings (SSSR count). The average molecular weight is 388 g/mol. The number of likely N-dealkylation sites (tertiary alicyclic amines) is 1. The average Bonchev–Trinajstić information content (AvgIpc) is 3.02. The lowest BCUT2D eigenvalue weighted by atomic mass is 9.92. The van der Waals surface area contributed by atoms with Crippen molar-refractivity contribution in [1.82, 2.24) is 24.6 Å². The van der Waals surface area contributed by atoms with Crippen LogP contribution in [-0.2, 0) is 18.3 Å². The predicted molar refractivity (Wildman–Crippen MR) is 100.0 cm³/mol. The van der Waals surface area contributed by atoms with Crippen LogP contribution in [0.4, 0.5) is 4.39 Å². The van der Waals surface area contributed by atoms with E-state index in [-0.39, 0.29) is 28.8 Å². The van der Waals surface area contributed by atoms with E-state index >= 15 is 0 Å². The topological polar surface area (TPSA) is 63.9 Å². The molecule has 0 spiro atoms. The maximum Gasteiger partial charge on any atom is 0.227 e. The lowest BCUT2D eigenvalue weighted by Gasteiger charge is -2.31. The number of hydrogen-bond acceptors (Lipinski definition) is 4. The number of amides is 1. The number of aryl methyl sites for hydroxylation is 1. The number of carbonyl (C=O) groups is 1. The molecular formula is C19H19ClFN5O. The SMILES string of the molecule is Cn1nc(C2CCN(C(=O)Cc3c(F)cccc3Cl)CC2)c2nccnc21. The van der Waals surface area contributed by atoms with Crippen molar-refractivity contribution in [3.8, 4) is 0 Å². The Labute approximate surface area is 161 Å². The summed E-state index contributed by atoms with van der Waals surface area (Å²) in [6.07, 6.45) is 4.89. The van der Waals surface area contributed by atoms with Crippen molar-refractivity contribution in [2.24, 2.45) is 7.05 Å². The van der Waals surface area contributed by atoms with Crippen LogP contribution in [0.25, 0.3) is 11.2 Å². The van der Waals surface area contributed by atoms with Crippen molar-refractivity contribution in [2.75, 3.05) is 13.1 Å². The minimum atomic E-state index is -0.440. The summed E-state index contributed by atoms with van der Waals surface area (Å²) >= 11 is 6.04. The monoisotopic (exact) mass is 387 g/mol. The Hall–Kier alpha value is -2.54. The quantitative estimate of drug-likeness (QED) is 0.692. The maximum absolute atomic E-state index is 13.9. The van der Waals surface area contributed by atoms with E-state index in [1.807, 2.05) is 7.05 Å². The van der Waals surface area contributed by atoms with Crippen molar-refractivity contribution in [3.05, 3.63) is 52.7 Å². The van der Waals surface area contributed by atoms with Gasteiger partial charge in [-0.15, -0.1) is 0 Å². The van der Waals surface area contributed by atoms with Crippen molar-refractivity contribution >= 4 is 28.7 Å². The second kappa shape index (κ2) is 7.23. The van der Waals surface area contributed by atoms with Gasteiger partial charge in [-0.3, -0.25) is 4.79 Å². The fourth-order valence-corrected chi connectivity index (χ4v) is 3.88. The molecule has 0 atom stereocenters. The zero-order valence-corrected chi connectivity index (χ0v) is 15.7. The van der Waals surface area contributed by atoms with Crippen LogP contribution in [-0.4, -0.2) is 43.6 Å². The van der Waals surface area contributed by atoms with Crippen LogP contribution in [0.5, 0.6) is 0 Å². The molecule has 1 fully saturated rings. The van der Waals surface area contributed by atoms with Crippen LogP contribution >= 0.6 is 11.6 Å². The van der Waals surface area contributed by atoms with Crippen LogP contribution < -0.4 is 0 Å². The molecule has 0 radical (unpaired) electrons. The molecule has 1 aliphatic rings. The molecule has 1 aromatic carbocycles. The van der Waals surface area contributed by atoms with E-state index in [2.05, 4.69) is 15.1 Å². The first-order valence-corrected chi connectivity index (χ1v) is 9.26. The first-order chi connectivity index (χ1) is 13.0. The molecular weight excluding hydrogens is 369 g/mol. The minimum absolute atomic E-state index is 0.0197. The van der Waals surface area contributed by atoms with E-state index in [0.717, 1.165) is 29.7 Å². The van der Waals surface area contributed by atoms with Gasteiger partial charge in [0.2, 0.25) is 5.91 Å². The van der Waals surface area contributed by atoms with Gasteiger partial charge in [-0.05, 0) is 25.0 Å². The zero-order chi connectivity index (χ0) is 19.0. The van der Waals surface area contributed by atoms with Crippen LogP contribution in [0.1, 0.15) is 30.0 Å². The molecule has 0 saturated carbocycles. The van der Waals surface area contributed by atoms with E-state index in [4.69, 9.17) is 11.6 Å². The number of piperidine rings is 1. The third-order valence-electron chi connectivity index (χ3n) is 5.11. The Balaban J connectivity index is 1.45. The molecule has 3 heterocycles. The van der Waals surface area contributed by atoms with Crippen molar-refractivity contribution in [3.63, 3.8) is 0 Å². The largest absolute Gasteiger partial charge is 0.342 e. The number of nitrogens with zero attached hydrogens (tertiary/aromatic N) is 5. The number of hydrogen-bond donors (Lipinski definition) is 0. The zero-order valence-electron chi connectivity index (χ0n) is 14.9. The number of aromatic nitrogens is 4.